The molecule has 0 saturated carbocycles. The number of amides is 2. The molecule has 1 saturated heterocycles. The van der Waals surface area contributed by atoms with Gasteiger partial charge in [-0.2, -0.15) is 13.2 Å². The van der Waals surface area contributed by atoms with E-state index in [1.54, 1.807) is 26.1 Å². The molecule has 196 valence electrons. The molecule has 1 fully saturated rings. The van der Waals surface area contributed by atoms with Crippen LogP contribution >= 0.6 is 0 Å². The zero-order valence-electron chi connectivity index (χ0n) is 19.7. The fraction of sp³-hybridized carbons (Fsp3) is 0.435. The first-order valence-corrected chi connectivity index (χ1v) is 11.0. The van der Waals surface area contributed by atoms with Crippen molar-refractivity contribution in [3.05, 3.63) is 42.1 Å². The number of rotatable bonds is 5. The molecule has 36 heavy (non-hydrogen) atoms. The van der Waals surface area contributed by atoms with Gasteiger partial charge in [0.1, 0.15) is 11.7 Å². The van der Waals surface area contributed by atoms with Crippen LogP contribution in [0.2, 0.25) is 0 Å². The normalized spacial score (nSPS) is 14.8. The molecule has 0 bridgehead atoms. The van der Waals surface area contributed by atoms with Crippen molar-refractivity contribution >= 4 is 29.2 Å². The van der Waals surface area contributed by atoms with Gasteiger partial charge in [-0.25, -0.2) is 18.6 Å². The molecule has 1 aliphatic heterocycles. The third kappa shape index (κ3) is 7.18. The van der Waals surface area contributed by atoms with E-state index in [1.807, 2.05) is 0 Å². The topological polar surface area (TPSA) is 92.8 Å². The van der Waals surface area contributed by atoms with Gasteiger partial charge < -0.3 is 25.0 Å². The fourth-order valence-electron chi connectivity index (χ4n) is 3.33. The smallest absolute Gasteiger partial charge is 0.471 e. The lowest BCUT2D eigenvalue weighted by Gasteiger charge is -2.33. The summed E-state index contributed by atoms with van der Waals surface area (Å²) in [4.78, 5) is 28.7. The van der Waals surface area contributed by atoms with E-state index < -0.39 is 47.3 Å². The van der Waals surface area contributed by atoms with Gasteiger partial charge in [-0.1, -0.05) is 0 Å². The minimum Gasteiger partial charge on any atom is -0.484 e. The highest BCUT2D eigenvalue weighted by Gasteiger charge is 2.39. The molecule has 0 atom stereocenters. The van der Waals surface area contributed by atoms with Gasteiger partial charge >= 0.3 is 18.2 Å². The van der Waals surface area contributed by atoms with Crippen molar-refractivity contribution in [2.24, 2.45) is 0 Å². The van der Waals surface area contributed by atoms with Crippen LogP contribution < -0.4 is 15.4 Å². The predicted molar refractivity (Wildman–Crippen MR) is 120 cm³/mol. The van der Waals surface area contributed by atoms with Crippen LogP contribution in [0, 0.1) is 11.6 Å². The van der Waals surface area contributed by atoms with E-state index in [0.29, 0.717) is 12.8 Å². The third-order valence-corrected chi connectivity index (χ3v) is 4.95. The van der Waals surface area contributed by atoms with Gasteiger partial charge in [-0.15, -0.1) is 0 Å². The summed E-state index contributed by atoms with van der Waals surface area (Å²) in [5, 5.41) is 4.14. The van der Waals surface area contributed by atoms with E-state index in [1.165, 1.54) is 17.2 Å². The summed E-state index contributed by atoms with van der Waals surface area (Å²) in [7, 11) is 0. The molecule has 2 aromatic rings. The van der Waals surface area contributed by atoms with Crippen molar-refractivity contribution < 1.29 is 41.0 Å². The van der Waals surface area contributed by atoms with Crippen LogP contribution in [0.4, 0.5) is 43.9 Å². The SMILES string of the molecule is CC(C)(C)OC(=O)N1CCC(Oc2c(F)cc(Nc3ncccc3NC(=O)C(F)(F)F)cc2F)CC1. The van der Waals surface area contributed by atoms with Crippen molar-refractivity contribution in [2.75, 3.05) is 23.7 Å². The summed E-state index contributed by atoms with van der Waals surface area (Å²) in [6.45, 7) is 5.82. The number of piperidine rings is 1. The van der Waals surface area contributed by atoms with Crippen LogP contribution in [-0.2, 0) is 9.53 Å². The van der Waals surface area contributed by atoms with Crippen LogP contribution in [0.1, 0.15) is 33.6 Å². The van der Waals surface area contributed by atoms with E-state index in [9.17, 15) is 31.5 Å². The lowest BCUT2D eigenvalue weighted by Crippen LogP contribution is -2.44. The first-order valence-electron chi connectivity index (χ1n) is 11.0. The number of ether oxygens (including phenoxy) is 2. The zero-order valence-corrected chi connectivity index (χ0v) is 19.7. The number of nitrogens with zero attached hydrogens (tertiary/aromatic N) is 2. The Morgan fingerprint density at radius 3 is 2.25 bits per heavy atom. The van der Waals surface area contributed by atoms with Crippen LogP contribution in [0.25, 0.3) is 0 Å². The largest absolute Gasteiger partial charge is 0.484 e. The maximum Gasteiger partial charge on any atom is 0.471 e. The molecule has 0 radical (unpaired) electrons. The monoisotopic (exact) mass is 516 g/mol. The Balaban J connectivity index is 1.66. The number of aromatic nitrogens is 1. The lowest BCUT2D eigenvalue weighted by atomic mass is 10.1. The summed E-state index contributed by atoms with van der Waals surface area (Å²) < 4.78 is 77.9. The highest BCUT2D eigenvalue weighted by molar-refractivity contribution is 5.97. The molecule has 13 heteroatoms. The van der Waals surface area contributed by atoms with Crippen LogP contribution in [-0.4, -0.2) is 52.9 Å². The van der Waals surface area contributed by atoms with Gasteiger partial charge in [0.15, 0.2) is 23.2 Å². The summed E-state index contributed by atoms with van der Waals surface area (Å²) in [6, 6.07) is 4.20. The van der Waals surface area contributed by atoms with Crippen molar-refractivity contribution in [3.8, 4) is 5.75 Å². The highest BCUT2D eigenvalue weighted by Crippen LogP contribution is 2.31. The van der Waals surface area contributed by atoms with Crippen molar-refractivity contribution in [1.82, 2.24) is 9.88 Å². The molecular weight excluding hydrogens is 491 g/mol. The molecule has 0 spiro atoms. The number of carbonyl (C=O) groups excluding carboxylic acids is 2. The highest BCUT2D eigenvalue weighted by atomic mass is 19.4. The Kier molecular flexibility index (Phi) is 7.89. The van der Waals surface area contributed by atoms with Crippen LogP contribution in [0.15, 0.2) is 30.5 Å². The second kappa shape index (κ2) is 10.5. The second-order valence-electron chi connectivity index (χ2n) is 9.03. The first kappa shape index (κ1) is 27.0. The minimum atomic E-state index is -5.13. The van der Waals surface area contributed by atoms with E-state index >= 15 is 0 Å². The number of benzene rings is 1. The quantitative estimate of drug-likeness (QED) is 0.519. The van der Waals surface area contributed by atoms with Gasteiger partial charge in [-0.05, 0) is 32.9 Å². The molecule has 0 unspecified atom stereocenters. The van der Waals surface area contributed by atoms with Crippen LogP contribution in [0.5, 0.6) is 5.75 Å². The molecule has 1 aromatic carbocycles. The van der Waals surface area contributed by atoms with E-state index in [-0.39, 0.29) is 30.3 Å². The zero-order chi connectivity index (χ0) is 26.7. The predicted octanol–water partition coefficient (Wildman–Crippen LogP) is 5.38. The van der Waals surface area contributed by atoms with E-state index in [2.05, 4.69) is 10.3 Å². The summed E-state index contributed by atoms with van der Waals surface area (Å²) in [6.07, 6.45) is -4.28. The van der Waals surface area contributed by atoms with Gasteiger partial charge in [0.2, 0.25) is 0 Å². The number of nitrogens with one attached hydrogen (secondary N) is 2. The van der Waals surface area contributed by atoms with Gasteiger partial charge in [0, 0.05) is 49.9 Å². The molecule has 2 amide bonds. The molecule has 8 nitrogen and oxygen atoms in total. The molecule has 0 aliphatic carbocycles. The molecule has 1 aromatic heterocycles. The van der Waals surface area contributed by atoms with Gasteiger partial charge in [0.05, 0.1) is 5.69 Å². The number of hydrogen-bond donors (Lipinski definition) is 2. The summed E-state index contributed by atoms with van der Waals surface area (Å²) in [5.74, 6) is -5.20. The van der Waals surface area contributed by atoms with Crippen molar-refractivity contribution in [1.29, 1.82) is 0 Å². The van der Waals surface area contributed by atoms with Crippen molar-refractivity contribution in [3.63, 3.8) is 0 Å². The van der Waals surface area contributed by atoms with Crippen LogP contribution in [0.3, 0.4) is 0 Å². The Morgan fingerprint density at radius 2 is 1.69 bits per heavy atom. The second-order valence-corrected chi connectivity index (χ2v) is 9.03. The Morgan fingerprint density at radius 1 is 1.08 bits per heavy atom. The molecule has 2 N–H and O–H groups in total. The third-order valence-electron chi connectivity index (χ3n) is 4.95. The Labute approximate surface area is 203 Å². The molecular formula is C23H25F5N4O4. The number of likely N-dealkylation sites (tertiary alicyclic amines) is 1. The Hall–Kier alpha value is -3.64. The number of alkyl halides is 3. The average Bonchev–Trinajstić information content (AvgIpc) is 2.76. The van der Waals surface area contributed by atoms with Crippen molar-refractivity contribution in [2.45, 2.75) is 51.5 Å². The molecule has 1 aliphatic rings. The maximum absolute atomic E-state index is 14.7. The molecule has 2 heterocycles. The number of anilines is 3. The number of halogens is 5. The number of hydrogen-bond acceptors (Lipinski definition) is 6. The van der Waals surface area contributed by atoms with E-state index in [4.69, 9.17) is 9.47 Å². The number of carbonyl (C=O) groups is 2. The fourth-order valence-corrected chi connectivity index (χ4v) is 3.33. The van der Waals surface area contributed by atoms with Gasteiger partial charge in [-0.3, -0.25) is 4.79 Å². The van der Waals surface area contributed by atoms with Gasteiger partial charge in [0.25, 0.3) is 0 Å². The first-order chi connectivity index (χ1) is 16.7. The molecule has 3 rings (SSSR count). The lowest BCUT2D eigenvalue weighted by molar-refractivity contribution is -0.167. The summed E-state index contributed by atoms with van der Waals surface area (Å²) in [5.41, 5.74) is -1.15. The van der Waals surface area contributed by atoms with E-state index in [0.717, 1.165) is 18.2 Å². The number of pyridine rings is 1. The average molecular weight is 516 g/mol. The Bertz CT molecular complexity index is 1090. The standard InChI is InChI=1S/C23H25F5N4O4/c1-22(2,3)36-21(34)32-9-6-14(7-10-32)35-18-15(24)11-13(12-16(18)25)30-19-17(5-4-8-29-19)31-20(33)23(26,27)28/h4-5,8,11-12,14H,6-7,9-10H2,1-3H3,(H,29,30)(H,31,33). The summed E-state index contributed by atoms with van der Waals surface area (Å²) >= 11 is 0. The maximum atomic E-state index is 14.7. The minimum absolute atomic E-state index is 0.168.